The van der Waals surface area contributed by atoms with Gasteiger partial charge in [-0.05, 0) is 24.3 Å². The molecule has 1 aromatic heterocycles. The summed E-state index contributed by atoms with van der Waals surface area (Å²) in [5, 5.41) is 11.5. The Kier molecular flexibility index (Phi) is 5.20. The third-order valence-electron chi connectivity index (χ3n) is 2.27. The van der Waals surface area contributed by atoms with Gasteiger partial charge in [-0.3, -0.25) is 4.79 Å². The highest BCUT2D eigenvalue weighted by atomic mass is 35.5. The number of carbonyl (C=O) groups is 1. The van der Waals surface area contributed by atoms with E-state index in [1.165, 1.54) is 11.8 Å². The lowest BCUT2D eigenvalue weighted by atomic mass is 10.2. The second kappa shape index (κ2) is 7.12. The van der Waals surface area contributed by atoms with Gasteiger partial charge in [-0.1, -0.05) is 29.4 Å². The normalized spacial score (nSPS) is 10.2. The van der Waals surface area contributed by atoms with Crippen LogP contribution in [0.2, 0.25) is 5.02 Å². The molecule has 0 saturated heterocycles. The van der Waals surface area contributed by atoms with E-state index in [1.54, 1.807) is 30.3 Å². The van der Waals surface area contributed by atoms with Crippen LogP contribution in [0, 0.1) is 0 Å². The van der Waals surface area contributed by atoms with E-state index in [1.807, 2.05) is 0 Å². The van der Waals surface area contributed by atoms with Gasteiger partial charge in [-0.15, -0.1) is 16.8 Å². The summed E-state index contributed by atoms with van der Waals surface area (Å²) in [5.74, 6) is 0.507. The highest BCUT2D eigenvalue weighted by Crippen LogP contribution is 2.24. The molecule has 1 N–H and O–H groups in total. The maximum atomic E-state index is 11.4. The minimum atomic E-state index is -0.110. The van der Waals surface area contributed by atoms with Crippen molar-refractivity contribution in [2.75, 3.05) is 12.3 Å². The first-order valence-electron chi connectivity index (χ1n) is 5.79. The molecule has 1 heterocycles. The third kappa shape index (κ3) is 4.11. The SMILES string of the molecule is C=CCNC(=O)CSc1nnc(-c2ccc(Cl)cc2)o1. The van der Waals surface area contributed by atoms with Gasteiger partial charge in [0.1, 0.15) is 0 Å². The molecule has 0 atom stereocenters. The van der Waals surface area contributed by atoms with Crippen LogP contribution in [0.5, 0.6) is 0 Å². The summed E-state index contributed by atoms with van der Waals surface area (Å²) >= 11 is 6.99. The number of hydrogen-bond donors (Lipinski definition) is 1. The number of benzene rings is 1. The van der Waals surface area contributed by atoms with Crippen molar-refractivity contribution in [3.05, 3.63) is 41.9 Å². The predicted molar refractivity (Wildman–Crippen MR) is 78.7 cm³/mol. The molecular formula is C13H12ClN3O2S. The van der Waals surface area contributed by atoms with Gasteiger partial charge < -0.3 is 9.73 Å². The number of rotatable bonds is 6. The molecule has 0 radical (unpaired) electrons. The largest absolute Gasteiger partial charge is 0.411 e. The Morgan fingerprint density at radius 3 is 2.85 bits per heavy atom. The van der Waals surface area contributed by atoms with Crippen LogP contribution < -0.4 is 5.32 Å². The van der Waals surface area contributed by atoms with E-state index in [0.717, 1.165) is 5.56 Å². The van der Waals surface area contributed by atoms with E-state index in [2.05, 4.69) is 22.1 Å². The topological polar surface area (TPSA) is 68.0 Å². The van der Waals surface area contributed by atoms with Crippen LogP contribution in [0.4, 0.5) is 0 Å². The smallest absolute Gasteiger partial charge is 0.277 e. The van der Waals surface area contributed by atoms with Gasteiger partial charge >= 0.3 is 0 Å². The summed E-state index contributed by atoms with van der Waals surface area (Å²) in [6, 6.07) is 7.08. The molecule has 7 heteroatoms. The molecular weight excluding hydrogens is 298 g/mol. The van der Waals surface area contributed by atoms with Crippen molar-refractivity contribution in [1.29, 1.82) is 0 Å². The molecule has 5 nitrogen and oxygen atoms in total. The van der Waals surface area contributed by atoms with Crippen molar-refractivity contribution in [2.45, 2.75) is 5.22 Å². The van der Waals surface area contributed by atoms with E-state index in [9.17, 15) is 4.79 Å². The standard InChI is InChI=1S/C13H12ClN3O2S/c1-2-7-15-11(18)8-20-13-17-16-12(19-13)9-3-5-10(14)6-4-9/h2-6H,1,7-8H2,(H,15,18). The Morgan fingerprint density at radius 2 is 2.15 bits per heavy atom. The quantitative estimate of drug-likeness (QED) is 0.656. The zero-order valence-corrected chi connectivity index (χ0v) is 12.1. The Hall–Kier alpha value is -1.79. The van der Waals surface area contributed by atoms with E-state index in [-0.39, 0.29) is 11.7 Å². The molecule has 0 unspecified atom stereocenters. The van der Waals surface area contributed by atoms with Crippen LogP contribution in [0.1, 0.15) is 0 Å². The molecule has 0 aliphatic heterocycles. The van der Waals surface area contributed by atoms with Crippen LogP contribution >= 0.6 is 23.4 Å². The van der Waals surface area contributed by atoms with E-state index < -0.39 is 0 Å². The highest BCUT2D eigenvalue weighted by molar-refractivity contribution is 7.99. The Balaban J connectivity index is 1.94. The number of halogens is 1. The average Bonchev–Trinajstić information content (AvgIpc) is 2.92. The molecule has 0 fully saturated rings. The number of hydrogen-bond acceptors (Lipinski definition) is 5. The average molecular weight is 310 g/mol. The molecule has 0 aliphatic rings. The molecule has 2 rings (SSSR count). The van der Waals surface area contributed by atoms with Gasteiger partial charge in [0.25, 0.3) is 5.22 Å². The van der Waals surface area contributed by atoms with Crippen molar-refractivity contribution in [1.82, 2.24) is 15.5 Å². The Labute approximate surface area is 125 Å². The van der Waals surface area contributed by atoms with Crippen LogP contribution in [-0.4, -0.2) is 28.4 Å². The van der Waals surface area contributed by atoms with Crippen molar-refractivity contribution < 1.29 is 9.21 Å². The molecule has 0 spiro atoms. The summed E-state index contributed by atoms with van der Waals surface area (Å²) in [6.07, 6.45) is 1.62. The first-order chi connectivity index (χ1) is 9.69. The van der Waals surface area contributed by atoms with Crippen molar-refractivity contribution >= 4 is 29.3 Å². The molecule has 0 saturated carbocycles. The first kappa shape index (κ1) is 14.6. The van der Waals surface area contributed by atoms with Crippen LogP contribution in [-0.2, 0) is 4.79 Å². The van der Waals surface area contributed by atoms with Gasteiger partial charge in [0, 0.05) is 17.1 Å². The highest BCUT2D eigenvalue weighted by Gasteiger charge is 2.10. The van der Waals surface area contributed by atoms with E-state index in [0.29, 0.717) is 22.7 Å². The number of carbonyl (C=O) groups excluding carboxylic acids is 1. The number of aromatic nitrogens is 2. The zero-order chi connectivity index (χ0) is 14.4. The lowest BCUT2D eigenvalue weighted by molar-refractivity contribution is -0.118. The van der Waals surface area contributed by atoms with Gasteiger partial charge in [0.05, 0.1) is 5.75 Å². The molecule has 1 aromatic carbocycles. The minimum absolute atomic E-state index is 0.110. The van der Waals surface area contributed by atoms with Crippen molar-refractivity contribution in [3.8, 4) is 11.5 Å². The van der Waals surface area contributed by atoms with Crippen LogP contribution in [0.25, 0.3) is 11.5 Å². The molecule has 0 aliphatic carbocycles. The maximum Gasteiger partial charge on any atom is 0.277 e. The van der Waals surface area contributed by atoms with Gasteiger partial charge in [0.2, 0.25) is 11.8 Å². The predicted octanol–water partition coefficient (Wildman–Crippen LogP) is 2.78. The third-order valence-corrected chi connectivity index (χ3v) is 3.34. The monoisotopic (exact) mass is 309 g/mol. The molecule has 0 bridgehead atoms. The number of amides is 1. The summed E-state index contributed by atoms with van der Waals surface area (Å²) in [6.45, 7) is 3.97. The fourth-order valence-corrected chi connectivity index (χ4v) is 2.06. The second-order valence-electron chi connectivity index (χ2n) is 3.76. The van der Waals surface area contributed by atoms with Gasteiger partial charge in [0.15, 0.2) is 0 Å². The van der Waals surface area contributed by atoms with Crippen molar-refractivity contribution in [3.63, 3.8) is 0 Å². The van der Waals surface area contributed by atoms with Crippen LogP contribution in [0.15, 0.2) is 46.6 Å². The molecule has 2 aromatic rings. The zero-order valence-electron chi connectivity index (χ0n) is 10.5. The summed E-state index contributed by atoms with van der Waals surface area (Å²) in [5.41, 5.74) is 0.782. The van der Waals surface area contributed by atoms with Crippen molar-refractivity contribution in [2.24, 2.45) is 0 Å². The fourth-order valence-electron chi connectivity index (χ4n) is 1.34. The number of thioether (sulfide) groups is 1. The van der Waals surface area contributed by atoms with Gasteiger partial charge in [-0.25, -0.2) is 0 Å². The summed E-state index contributed by atoms with van der Waals surface area (Å²) in [7, 11) is 0. The van der Waals surface area contributed by atoms with E-state index >= 15 is 0 Å². The van der Waals surface area contributed by atoms with E-state index in [4.69, 9.17) is 16.0 Å². The lowest BCUT2D eigenvalue weighted by Gasteiger charge is -1.98. The van der Waals surface area contributed by atoms with Crippen LogP contribution in [0.3, 0.4) is 0 Å². The molecule has 104 valence electrons. The maximum absolute atomic E-state index is 11.4. The lowest BCUT2D eigenvalue weighted by Crippen LogP contribution is -2.24. The van der Waals surface area contributed by atoms with Gasteiger partial charge in [-0.2, -0.15) is 0 Å². The Bertz CT molecular complexity index is 598. The summed E-state index contributed by atoms with van der Waals surface area (Å²) < 4.78 is 5.46. The Morgan fingerprint density at radius 1 is 1.40 bits per heavy atom. The molecule has 20 heavy (non-hydrogen) atoms. The second-order valence-corrected chi connectivity index (χ2v) is 5.12. The molecule has 1 amide bonds. The first-order valence-corrected chi connectivity index (χ1v) is 7.15. The fraction of sp³-hybridized carbons (Fsp3) is 0.154. The minimum Gasteiger partial charge on any atom is -0.411 e. The number of nitrogens with one attached hydrogen (secondary N) is 1. The number of nitrogens with zero attached hydrogens (tertiary/aromatic N) is 2. The summed E-state index contributed by atoms with van der Waals surface area (Å²) in [4.78, 5) is 11.4.